The van der Waals surface area contributed by atoms with Crippen LogP contribution < -0.4 is 9.92 Å². The molecule has 0 radical (unpaired) electrons. The summed E-state index contributed by atoms with van der Waals surface area (Å²) >= 11 is 0. The van der Waals surface area contributed by atoms with Gasteiger partial charge in [-0.25, -0.2) is 8.42 Å². The van der Waals surface area contributed by atoms with Crippen molar-refractivity contribution in [3.05, 3.63) is 48.3 Å². The molecule has 1 fully saturated rings. The number of sulfonamides is 1. The van der Waals surface area contributed by atoms with Crippen molar-refractivity contribution in [3.63, 3.8) is 0 Å². The number of hydrogen-bond donors (Lipinski definition) is 1. The molecule has 1 aromatic heterocycles. The summed E-state index contributed by atoms with van der Waals surface area (Å²) in [5.41, 5.74) is 5.36. The van der Waals surface area contributed by atoms with E-state index >= 15 is 0 Å². The maximum absolute atomic E-state index is 12.8. The molecule has 0 atom stereocenters. The number of carbonyl (C=O) groups is 1. The predicted molar refractivity (Wildman–Crippen MR) is 110 cm³/mol. The van der Waals surface area contributed by atoms with Crippen LogP contribution in [-0.2, 0) is 27.2 Å². The van der Waals surface area contributed by atoms with Crippen LogP contribution in [0.15, 0.2) is 47.5 Å². The highest BCUT2D eigenvalue weighted by Crippen LogP contribution is 2.20. The van der Waals surface area contributed by atoms with Crippen molar-refractivity contribution in [2.45, 2.75) is 4.90 Å². The van der Waals surface area contributed by atoms with Crippen molar-refractivity contribution < 1.29 is 25.8 Å². The Bertz CT molecular complexity index is 1100. The van der Waals surface area contributed by atoms with Crippen LogP contribution in [0.5, 0.6) is 5.75 Å². The normalized spacial score (nSPS) is 16.4. The number of aryl methyl sites for hydroxylation is 1. The molecule has 12 heteroatoms. The van der Waals surface area contributed by atoms with Crippen LogP contribution in [0, 0.1) is 0 Å². The second-order valence-corrected chi connectivity index (χ2v) is 10.6. The molecule has 0 aliphatic carbocycles. The number of carbonyl (C=O) groups excluding carboxylic acids is 1. The van der Waals surface area contributed by atoms with Gasteiger partial charge >= 0.3 is 10.1 Å². The summed E-state index contributed by atoms with van der Waals surface area (Å²) in [4.78, 5) is 13.3. The molecule has 164 valence electrons. The molecule has 1 aromatic carbocycles. The molecule has 1 saturated heterocycles. The highest BCUT2D eigenvalue weighted by atomic mass is 32.2. The van der Waals surface area contributed by atoms with Gasteiger partial charge in [-0.15, -0.1) is 0 Å². The van der Waals surface area contributed by atoms with Gasteiger partial charge in [-0.3, -0.25) is 9.69 Å². The summed E-state index contributed by atoms with van der Waals surface area (Å²) in [6.45, 7) is 1.43. The van der Waals surface area contributed by atoms with Crippen molar-refractivity contribution in [1.29, 1.82) is 0 Å². The Balaban J connectivity index is 1.55. The maximum atomic E-state index is 12.8. The number of aromatic nitrogens is 1. The maximum Gasteiger partial charge on any atom is 0.310 e. The average Bonchev–Trinajstić information content (AvgIpc) is 3.10. The molecule has 10 nitrogen and oxygen atoms in total. The minimum absolute atomic E-state index is 0.00564. The second-order valence-electron chi connectivity index (χ2n) is 6.94. The fraction of sp³-hybridized carbons (Fsp3) is 0.389. The summed E-state index contributed by atoms with van der Waals surface area (Å²) in [6, 6.07) is 9.52. The van der Waals surface area contributed by atoms with E-state index in [0.29, 0.717) is 13.1 Å². The van der Waals surface area contributed by atoms with Crippen molar-refractivity contribution in [1.82, 2.24) is 13.8 Å². The topological polar surface area (TPSA) is 132 Å². The highest BCUT2D eigenvalue weighted by Gasteiger charge is 2.30. The Hall–Kier alpha value is -2.41. The summed E-state index contributed by atoms with van der Waals surface area (Å²) < 4.78 is 57.7. The summed E-state index contributed by atoms with van der Waals surface area (Å²) in [7, 11) is -5.97. The molecule has 3 rings (SSSR count). The minimum Gasteiger partial charge on any atom is -0.382 e. The molecule has 1 amide bonds. The first-order chi connectivity index (χ1) is 14.1. The average molecular weight is 457 g/mol. The molecule has 0 bridgehead atoms. The number of hydrogen-bond acceptors (Lipinski definition) is 7. The summed E-state index contributed by atoms with van der Waals surface area (Å²) in [6.07, 6.45) is 1.36. The number of nitrogens with zero attached hydrogens (tertiary/aromatic N) is 3. The Kier molecular flexibility index (Phi) is 6.50. The molecule has 0 unspecified atom stereocenters. The molecule has 0 saturated carbocycles. The quantitative estimate of drug-likeness (QED) is 0.546. The lowest BCUT2D eigenvalue weighted by molar-refractivity contribution is 0.0992. The monoisotopic (exact) mass is 456 g/mol. The zero-order valence-corrected chi connectivity index (χ0v) is 18.1. The first-order valence-electron chi connectivity index (χ1n) is 9.24. The van der Waals surface area contributed by atoms with Crippen LogP contribution >= 0.6 is 0 Å². The van der Waals surface area contributed by atoms with Gasteiger partial charge < -0.3 is 14.5 Å². The number of benzene rings is 1. The van der Waals surface area contributed by atoms with E-state index in [1.165, 1.54) is 21.1 Å². The molecular weight excluding hydrogens is 432 g/mol. The molecular formula is C18H24N4O6S2. The van der Waals surface area contributed by atoms with Crippen LogP contribution in [0.2, 0.25) is 0 Å². The van der Waals surface area contributed by atoms with Gasteiger partial charge in [0.25, 0.3) is 5.91 Å². The van der Waals surface area contributed by atoms with E-state index in [1.54, 1.807) is 37.4 Å². The summed E-state index contributed by atoms with van der Waals surface area (Å²) in [5.74, 6) is -0.649. The Morgan fingerprint density at radius 1 is 1.07 bits per heavy atom. The van der Waals surface area contributed by atoms with Crippen LogP contribution in [-0.4, -0.2) is 75.0 Å². The van der Waals surface area contributed by atoms with Gasteiger partial charge in [0.05, 0.1) is 5.75 Å². The van der Waals surface area contributed by atoms with E-state index in [2.05, 4.69) is 0 Å². The van der Waals surface area contributed by atoms with Crippen LogP contribution in [0.4, 0.5) is 0 Å². The lowest BCUT2D eigenvalue weighted by Gasteiger charge is -2.33. The van der Waals surface area contributed by atoms with E-state index in [4.69, 9.17) is 9.92 Å². The molecule has 30 heavy (non-hydrogen) atoms. The largest absolute Gasteiger partial charge is 0.382 e. The first-order valence-corrected chi connectivity index (χ1v) is 12.3. The SMILES string of the molecule is Cn1cc(S(=O)(=O)N2CCN(CCS(=O)(=O)Oc3ccccc3)CC2)cc1C(N)=O. The number of para-hydroxylation sites is 1. The van der Waals surface area contributed by atoms with E-state index in [1.807, 2.05) is 4.90 Å². The highest BCUT2D eigenvalue weighted by molar-refractivity contribution is 7.89. The molecule has 2 aromatic rings. The van der Waals surface area contributed by atoms with Gasteiger partial charge in [-0.05, 0) is 18.2 Å². The van der Waals surface area contributed by atoms with Crippen molar-refractivity contribution in [3.8, 4) is 5.75 Å². The lowest BCUT2D eigenvalue weighted by Crippen LogP contribution is -2.49. The van der Waals surface area contributed by atoms with Crippen molar-refractivity contribution in [2.24, 2.45) is 12.8 Å². The van der Waals surface area contributed by atoms with Gasteiger partial charge in [0.2, 0.25) is 10.0 Å². The van der Waals surface area contributed by atoms with Crippen molar-refractivity contribution >= 4 is 26.0 Å². The first kappa shape index (κ1) is 22.3. The lowest BCUT2D eigenvalue weighted by atomic mass is 10.3. The van der Waals surface area contributed by atoms with E-state index < -0.39 is 26.0 Å². The smallest absolute Gasteiger partial charge is 0.310 e. The number of nitrogens with two attached hydrogens (primary N) is 1. The number of amides is 1. The fourth-order valence-electron chi connectivity index (χ4n) is 3.17. The van der Waals surface area contributed by atoms with Gasteiger partial charge in [0.1, 0.15) is 16.3 Å². The van der Waals surface area contributed by atoms with Gasteiger partial charge in [0.15, 0.2) is 0 Å². The van der Waals surface area contributed by atoms with E-state index in [0.717, 1.165) is 0 Å². The van der Waals surface area contributed by atoms with Crippen LogP contribution in [0.1, 0.15) is 10.5 Å². The van der Waals surface area contributed by atoms with Crippen molar-refractivity contribution in [2.75, 3.05) is 38.5 Å². The molecule has 2 heterocycles. The third kappa shape index (κ3) is 5.19. The standard InChI is InChI=1S/C18H24N4O6S2/c1-20-14-16(13-17(20)18(19)23)30(26,27)22-9-7-21(8-10-22)11-12-29(24,25)28-15-5-3-2-4-6-15/h2-6,13-14H,7-12H2,1H3,(H2,19,23). The minimum atomic E-state index is -3.77. The van der Waals surface area contributed by atoms with Gasteiger partial charge in [0, 0.05) is 46.0 Å². The van der Waals surface area contributed by atoms with Gasteiger partial charge in [-0.2, -0.15) is 12.7 Å². The Morgan fingerprint density at radius 2 is 1.70 bits per heavy atom. The summed E-state index contributed by atoms with van der Waals surface area (Å²) in [5, 5.41) is 0. The fourth-order valence-corrected chi connectivity index (χ4v) is 5.63. The predicted octanol–water partition coefficient (Wildman–Crippen LogP) is -0.161. The third-order valence-corrected chi connectivity index (χ3v) is 7.82. The Labute approximate surface area is 176 Å². The molecule has 1 aliphatic heterocycles. The number of rotatable bonds is 8. The molecule has 0 spiro atoms. The second kappa shape index (κ2) is 8.76. The van der Waals surface area contributed by atoms with E-state index in [-0.39, 0.29) is 41.7 Å². The van der Waals surface area contributed by atoms with Crippen LogP contribution in [0.25, 0.3) is 0 Å². The zero-order valence-electron chi connectivity index (χ0n) is 16.5. The number of piperazine rings is 1. The number of primary amides is 1. The molecule has 2 N–H and O–H groups in total. The van der Waals surface area contributed by atoms with E-state index in [9.17, 15) is 21.6 Å². The Morgan fingerprint density at radius 3 is 2.27 bits per heavy atom. The zero-order chi connectivity index (χ0) is 21.9. The van der Waals surface area contributed by atoms with Crippen LogP contribution in [0.3, 0.4) is 0 Å². The molecule has 1 aliphatic rings. The third-order valence-electron chi connectivity index (χ3n) is 4.83. The van der Waals surface area contributed by atoms with Gasteiger partial charge in [-0.1, -0.05) is 18.2 Å².